The van der Waals surface area contributed by atoms with Crippen molar-refractivity contribution in [3.8, 4) is 11.8 Å². The Morgan fingerprint density at radius 1 is 1.10 bits per heavy atom. The predicted octanol–water partition coefficient (Wildman–Crippen LogP) is 3.40. The molecular weight excluding hydrogens is 417 g/mol. The normalized spacial score (nSPS) is 11.0. The fourth-order valence-corrected chi connectivity index (χ4v) is 2.46. The van der Waals surface area contributed by atoms with Crippen LogP contribution in [0.4, 0.5) is 19.0 Å². The van der Waals surface area contributed by atoms with E-state index in [0.29, 0.717) is 11.3 Å². The van der Waals surface area contributed by atoms with Gasteiger partial charge in [0.15, 0.2) is 6.61 Å². The second-order valence-corrected chi connectivity index (χ2v) is 6.42. The zero-order valence-electron chi connectivity index (χ0n) is 17.3. The molecule has 0 aliphatic rings. The van der Waals surface area contributed by atoms with Crippen LogP contribution >= 0.6 is 0 Å². The zero-order chi connectivity index (χ0) is 23.0. The van der Waals surface area contributed by atoms with Gasteiger partial charge >= 0.3 is 6.18 Å². The Balaban J connectivity index is 2.11. The Hall–Kier alpha value is -3.37. The van der Waals surface area contributed by atoms with Gasteiger partial charge in [0.05, 0.1) is 6.61 Å². The summed E-state index contributed by atoms with van der Waals surface area (Å²) >= 11 is 0. The summed E-state index contributed by atoms with van der Waals surface area (Å²) in [6.45, 7) is 3.84. The van der Waals surface area contributed by atoms with Crippen LogP contribution in [0.15, 0.2) is 24.3 Å². The molecule has 0 unspecified atom stereocenters. The van der Waals surface area contributed by atoms with E-state index in [1.807, 2.05) is 0 Å². The average Bonchev–Trinajstić information content (AvgIpc) is 2.70. The van der Waals surface area contributed by atoms with Crippen LogP contribution in [0.5, 0.6) is 11.8 Å². The van der Waals surface area contributed by atoms with Gasteiger partial charge in [-0.1, -0.05) is 6.92 Å². The van der Waals surface area contributed by atoms with Crippen molar-refractivity contribution in [3.05, 3.63) is 41.1 Å². The summed E-state index contributed by atoms with van der Waals surface area (Å²) in [4.78, 5) is 32.2. The highest BCUT2D eigenvalue weighted by molar-refractivity contribution is 5.96. The van der Waals surface area contributed by atoms with Crippen LogP contribution < -0.4 is 20.1 Å². The minimum atomic E-state index is -4.49. The number of rotatable bonds is 9. The van der Waals surface area contributed by atoms with Crippen LogP contribution in [0.3, 0.4) is 0 Å². The first kappa shape index (κ1) is 23.9. The summed E-state index contributed by atoms with van der Waals surface area (Å²) in [6, 6.07) is 5.75. The summed E-state index contributed by atoms with van der Waals surface area (Å²) in [6.07, 6.45) is -4.22. The van der Waals surface area contributed by atoms with E-state index in [-0.39, 0.29) is 48.6 Å². The van der Waals surface area contributed by atoms with Gasteiger partial charge in [-0.3, -0.25) is 9.59 Å². The summed E-state index contributed by atoms with van der Waals surface area (Å²) in [5.41, 5.74) is 1.29. The topological polar surface area (TPSA) is 102 Å². The number of hydrogen-bond acceptors (Lipinski definition) is 6. The van der Waals surface area contributed by atoms with Gasteiger partial charge in [-0.25, -0.2) is 4.98 Å². The molecule has 0 fully saturated rings. The van der Waals surface area contributed by atoms with E-state index in [4.69, 9.17) is 4.74 Å². The Morgan fingerprint density at radius 2 is 1.84 bits per heavy atom. The number of aryl methyl sites for hydroxylation is 1. The molecule has 0 aliphatic heterocycles. The molecule has 2 aromatic rings. The molecule has 2 amide bonds. The van der Waals surface area contributed by atoms with Crippen LogP contribution in [0.25, 0.3) is 0 Å². The van der Waals surface area contributed by atoms with Gasteiger partial charge in [0.25, 0.3) is 5.91 Å². The summed E-state index contributed by atoms with van der Waals surface area (Å²) in [5.74, 6) is -0.580. The number of amides is 2. The number of anilines is 1. The number of carbonyl (C=O) groups is 2. The number of alkyl halides is 3. The standard InChI is InChI=1S/C20H23F3N4O4/c1-4-16(28)26-15-9-14(8-12(3)25-15)18(29)24-10-13-6-7-17(27-19(13)30-5-2)31-11-20(21,22)23/h6-9H,4-5,10-11H2,1-3H3,(H,24,29)(H,25,26,28). The molecule has 0 saturated carbocycles. The van der Waals surface area contributed by atoms with Gasteiger partial charge in [0.1, 0.15) is 5.82 Å². The first-order chi connectivity index (χ1) is 14.6. The molecule has 2 N–H and O–H groups in total. The number of halogens is 3. The number of carbonyl (C=O) groups excluding carboxylic acids is 2. The molecule has 0 spiro atoms. The molecule has 11 heteroatoms. The van der Waals surface area contributed by atoms with Gasteiger partial charge in [0.2, 0.25) is 17.7 Å². The molecule has 168 valence electrons. The van der Waals surface area contributed by atoms with Crippen molar-refractivity contribution >= 4 is 17.6 Å². The molecule has 31 heavy (non-hydrogen) atoms. The minimum absolute atomic E-state index is 0.0126. The summed E-state index contributed by atoms with van der Waals surface area (Å²) in [7, 11) is 0. The zero-order valence-corrected chi connectivity index (χ0v) is 17.3. The van der Waals surface area contributed by atoms with Gasteiger partial charge in [-0.2, -0.15) is 18.2 Å². The Kier molecular flexibility index (Phi) is 8.17. The Bertz CT molecular complexity index is 935. The quantitative estimate of drug-likeness (QED) is 0.620. The molecule has 0 atom stereocenters. The molecule has 0 aromatic carbocycles. The smallest absolute Gasteiger partial charge is 0.422 e. The monoisotopic (exact) mass is 440 g/mol. The molecule has 8 nitrogen and oxygen atoms in total. The second kappa shape index (κ2) is 10.6. The van der Waals surface area contributed by atoms with E-state index in [9.17, 15) is 22.8 Å². The fourth-order valence-electron chi connectivity index (χ4n) is 2.46. The van der Waals surface area contributed by atoms with Crippen LogP contribution in [0.2, 0.25) is 0 Å². The molecule has 2 rings (SSSR count). The van der Waals surface area contributed by atoms with Crippen molar-refractivity contribution in [1.82, 2.24) is 15.3 Å². The maximum atomic E-state index is 12.6. The SMILES string of the molecule is CCOc1nc(OCC(F)(F)F)ccc1CNC(=O)c1cc(C)nc(NC(=O)CC)c1. The number of aromatic nitrogens is 2. The maximum absolute atomic E-state index is 12.6. The van der Waals surface area contributed by atoms with Gasteiger partial charge < -0.3 is 20.1 Å². The van der Waals surface area contributed by atoms with Crippen molar-refractivity contribution in [3.63, 3.8) is 0 Å². The Morgan fingerprint density at radius 3 is 2.48 bits per heavy atom. The predicted molar refractivity (Wildman–Crippen MR) is 106 cm³/mol. The molecule has 2 heterocycles. The number of nitrogens with one attached hydrogen (secondary N) is 2. The number of nitrogens with zero attached hydrogens (tertiary/aromatic N) is 2. The third-order valence-electron chi connectivity index (χ3n) is 3.82. The molecule has 2 aromatic heterocycles. The number of pyridine rings is 2. The molecule has 0 bridgehead atoms. The highest BCUT2D eigenvalue weighted by Gasteiger charge is 2.28. The van der Waals surface area contributed by atoms with E-state index in [0.717, 1.165) is 0 Å². The van der Waals surface area contributed by atoms with Gasteiger partial charge in [0, 0.05) is 35.9 Å². The van der Waals surface area contributed by atoms with Crippen molar-refractivity contribution in [2.45, 2.75) is 39.9 Å². The third-order valence-corrected chi connectivity index (χ3v) is 3.82. The van der Waals surface area contributed by atoms with Crippen molar-refractivity contribution in [2.75, 3.05) is 18.5 Å². The van der Waals surface area contributed by atoms with Crippen LogP contribution in [0, 0.1) is 6.92 Å². The molecule has 0 saturated heterocycles. The van der Waals surface area contributed by atoms with E-state index >= 15 is 0 Å². The lowest BCUT2D eigenvalue weighted by Crippen LogP contribution is -2.24. The minimum Gasteiger partial charge on any atom is -0.478 e. The van der Waals surface area contributed by atoms with Crippen molar-refractivity contribution < 1.29 is 32.2 Å². The number of hydrogen-bond donors (Lipinski definition) is 2. The summed E-state index contributed by atoms with van der Waals surface area (Å²) in [5, 5.41) is 5.29. The fraction of sp³-hybridized carbons (Fsp3) is 0.400. The van der Waals surface area contributed by atoms with E-state index in [2.05, 4.69) is 25.3 Å². The lowest BCUT2D eigenvalue weighted by molar-refractivity contribution is -0.154. The molecule has 0 radical (unpaired) electrons. The largest absolute Gasteiger partial charge is 0.478 e. The van der Waals surface area contributed by atoms with E-state index in [1.165, 1.54) is 18.2 Å². The average molecular weight is 440 g/mol. The Labute approximate surface area is 177 Å². The number of ether oxygens (including phenoxy) is 2. The van der Waals surface area contributed by atoms with Crippen LogP contribution in [0.1, 0.15) is 41.9 Å². The van der Waals surface area contributed by atoms with Crippen LogP contribution in [-0.4, -0.2) is 41.2 Å². The maximum Gasteiger partial charge on any atom is 0.422 e. The third kappa shape index (κ3) is 7.76. The van der Waals surface area contributed by atoms with Gasteiger partial charge in [-0.15, -0.1) is 0 Å². The van der Waals surface area contributed by atoms with Gasteiger partial charge in [-0.05, 0) is 32.0 Å². The van der Waals surface area contributed by atoms with Crippen molar-refractivity contribution in [1.29, 1.82) is 0 Å². The lowest BCUT2D eigenvalue weighted by Gasteiger charge is -2.13. The van der Waals surface area contributed by atoms with E-state index in [1.54, 1.807) is 26.8 Å². The summed E-state index contributed by atoms with van der Waals surface area (Å²) < 4.78 is 47.0. The molecular formula is C20H23F3N4O4. The first-order valence-corrected chi connectivity index (χ1v) is 9.50. The molecule has 0 aliphatic carbocycles. The van der Waals surface area contributed by atoms with Crippen LogP contribution in [-0.2, 0) is 11.3 Å². The first-order valence-electron chi connectivity index (χ1n) is 9.50. The van der Waals surface area contributed by atoms with Crippen molar-refractivity contribution in [2.24, 2.45) is 0 Å². The lowest BCUT2D eigenvalue weighted by atomic mass is 10.2. The van der Waals surface area contributed by atoms with E-state index < -0.39 is 18.7 Å². The second-order valence-electron chi connectivity index (χ2n) is 6.42. The highest BCUT2D eigenvalue weighted by Crippen LogP contribution is 2.23. The highest BCUT2D eigenvalue weighted by atomic mass is 19.4.